The maximum Gasteiger partial charge on any atom is 0.306 e. The van der Waals surface area contributed by atoms with Crippen molar-refractivity contribution < 1.29 is 73.8 Å². The summed E-state index contributed by atoms with van der Waals surface area (Å²) >= 11 is 0. The van der Waals surface area contributed by atoms with Gasteiger partial charge < -0.3 is 64.2 Å². The van der Waals surface area contributed by atoms with Gasteiger partial charge in [0.15, 0.2) is 18.7 Å². The Labute approximate surface area is 346 Å². The summed E-state index contributed by atoms with van der Waals surface area (Å²) in [6.45, 7) is 2.52. The molecule has 0 spiro atoms. The Morgan fingerprint density at radius 3 is 1.53 bits per heavy atom. The first-order chi connectivity index (χ1) is 28.0. The molecule has 0 radical (unpaired) electrons. The smallest absolute Gasteiger partial charge is 0.306 e. The molecule has 7 N–H and O–H groups in total. The second-order valence-corrected chi connectivity index (χ2v) is 15.9. The molecule has 0 aromatic carbocycles. The first-order valence-electron chi connectivity index (χ1n) is 22.3. The van der Waals surface area contributed by atoms with Crippen LogP contribution in [0, 0.1) is 0 Å². The minimum atomic E-state index is -1.76. The van der Waals surface area contributed by atoms with Gasteiger partial charge in [0.2, 0.25) is 0 Å². The largest absolute Gasteiger partial charge is 0.462 e. The molecule has 0 aromatic heterocycles. The van der Waals surface area contributed by atoms with Gasteiger partial charge in [0.05, 0.1) is 19.8 Å². The molecular weight excluding hydrogens is 756 g/mol. The topological polar surface area (TPSA) is 231 Å². The van der Waals surface area contributed by atoms with Crippen molar-refractivity contribution in [1.29, 1.82) is 0 Å². The molecule has 2 saturated heterocycles. The number of hydrogen-bond donors (Lipinski definition) is 7. The number of carbonyl (C=O) groups excluding carboxylic acids is 2. The molecule has 0 aliphatic carbocycles. The van der Waals surface area contributed by atoms with Gasteiger partial charge in [-0.2, -0.15) is 0 Å². The molecule has 0 amide bonds. The number of hydrogen-bond acceptors (Lipinski definition) is 15. The molecule has 2 aliphatic heterocycles. The molecule has 4 unspecified atom stereocenters. The van der Waals surface area contributed by atoms with Crippen molar-refractivity contribution in [2.24, 2.45) is 0 Å². The minimum absolute atomic E-state index is 0.158. The molecule has 0 saturated carbocycles. The lowest BCUT2D eigenvalue weighted by Crippen LogP contribution is -2.61. The average Bonchev–Trinajstić information content (AvgIpc) is 3.21. The highest BCUT2D eigenvalue weighted by Crippen LogP contribution is 2.26. The highest BCUT2D eigenvalue weighted by atomic mass is 16.7. The Hall–Kier alpha value is -1.76. The molecule has 0 aromatic rings. The van der Waals surface area contributed by atoms with Crippen LogP contribution >= 0.6 is 0 Å². The normalized spacial score (nSPS) is 28.2. The molecule has 11 atom stereocenters. The maximum absolute atomic E-state index is 12.9. The summed E-state index contributed by atoms with van der Waals surface area (Å²) in [5.74, 6) is -0.936. The van der Waals surface area contributed by atoms with Crippen LogP contribution in [0.25, 0.3) is 0 Å². The zero-order valence-electron chi connectivity index (χ0n) is 35.3. The molecule has 2 rings (SSSR count). The Kier molecular flexibility index (Phi) is 28.9. The van der Waals surface area contributed by atoms with E-state index in [0.29, 0.717) is 12.8 Å². The number of aliphatic hydroxyl groups excluding tert-OH is 7. The van der Waals surface area contributed by atoms with E-state index in [1.165, 1.54) is 57.8 Å². The second-order valence-electron chi connectivity index (χ2n) is 15.9. The van der Waals surface area contributed by atoms with Crippen molar-refractivity contribution in [3.8, 4) is 0 Å². The van der Waals surface area contributed by atoms with Gasteiger partial charge in [-0.25, -0.2) is 0 Å². The van der Waals surface area contributed by atoms with Crippen LogP contribution in [0.4, 0.5) is 0 Å². The fourth-order valence-electron chi connectivity index (χ4n) is 6.97. The summed E-state index contributed by atoms with van der Waals surface area (Å²) in [6, 6.07) is 0. The second kappa shape index (κ2) is 32.0. The van der Waals surface area contributed by atoms with Crippen molar-refractivity contribution in [1.82, 2.24) is 0 Å². The number of allylic oxidation sites excluding steroid dienone is 2. The van der Waals surface area contributed by atoms with Crippen LogP contribution in [0.1, 0.15) is 155 Å². The van der Waals surface area contributed by atoms with E-state index in [1.807, 2.05) is 0 Å². The Balaban J connectivity index is 1.87. The fourth-order valence-corrected chi connectivity index (χ4v) is 6.97. The SMILES string of the molecule is CCCCCC/C=C/CCCCCCCC(=O)O[C@H](COC(=O)CCCCCCCCCCC)CO[C@@H]1O[C@H](CO[C@@H]2O[C@H](CO)[C@H](O)C(O)C2O)[C@H](O)C(O)C1O. The van der Waals surface area contributed by atoms with E-state index >= 15 is 0 Å². The van der Waals surface area contributed by atoms with Gasteiger partial charge in [0.1, 0.15) is 55.4 Å². The summed E-state index contributed by atoms with van der Waals surface area (Å²) in [6.07, 6.45) is 9.83. The molecule has 340 valence electrons. The quantitative estimate of drug-likeness (QED) is 0.0278. The fraction of sp³-hybridized carbons (Fsp3) is 0.907. The van der Waals surface area contributed by atoms with Crippen molar-refractivity contribution in [2.75, 3.05) is 26.4 Å². The Morgan fingerprint density at radius 1 is 0.534 bits per heavy atom. The summed E-state index contributed by atoms with van der Waals surface area (Å²) in [5.41, 5.74) is 0. The van der Waals surface area contributed by atoms with Crippen molar-refractivity contribution in [3.05, 3.63) is 12.2 Å². The number of unbranched alkanes of at least 4 members (excludes halogenated alkanes) is 17. The average molecular weight is 835 g/mol. The van der Waals surface area contributed by atoms with Gasteiger partial charge in [-0.15, -0.1) is 0 Å². The van der Waals surface area contributed by atoms with Gasteiger partial charge in [-0.3, -0.25) is 9.59 Å². The lowest BCUT2D eigenvalue weighted by Gasteiger charge is -2.42. The van der Waals surface area contributed by atoms with Gasteiger partial charge >= 0.3 is 11.9 Å². The lowest BCUT2D eigenvalue weighted by atomic mass is 9.98. The number of aliphatic hydroxyl groups is 7. The van der Waals surface area contributed by atoms with E-state index in [4.69, 9.17) is 28.4 Å². The highest BCUT2D eigenvalue weighted by Gasteiger charge is 2.47. The predicted octanol–water partition coefficient (Wildman–Crippen LogP) is 4.26. The summed E-state index contributed by atoms with van der Waals surface area (Å²) < 4.78 is 33.4. The van der Waals surface area contributed by atoms with E-state index in [9.17, 15) is 45.3 Å². The van der Waals surface area contributed by atoms with Gasteiger partial charge in [-0.1, -0.05) is 116 Å². The third kappa shape index (κ3) is 21.2. The third-order valence-electron chi connectivity index (χ3n) is 10.7. The van der Waals surface area contributed by atoms with E-state index in [1.54, 1.807) is 0 Å². The maximum atomic E-state index is 12.9. The van der Waals surface area contributed by atoms with Crippen molar-refractivity contribution in [2.45, 2.75) is 223 Å². The van der Waals surface area contributed by atoms with Crippen LogP contribution in [0.2, 0.25) is 0 Å². The van der Waals surface area contributed by atoms with Gasteiger partial charge in [0, 0.05) is 12.8 Å². The number of esters is 2. The Bertz CT molecular complexity index is 1080. The minimum Gasteiger partial charge on any atom is -0.462 e. The molecule has 15 nitrogen and oxygen atoms in total. The molecule has 58 heavy (non-hydrogen) atoms. The van der Waals surface area contributed by atoms with Gasteiger partial charge in [-0.05, 0) is 38.5 Å². The number of carbonyl (C=O) groups is 2. The molecule has 2 heterocycles. The van der Waals surface area contributed by atoms with Crippen LogP contribution in [0.15, 0.2) is 12.2 Å². The summed E-state index contributed by atoms with van der Waals surface area (Å²) in [4.78, 5) is 25.5. The van der Waals surface area contributed by atoms with E-state index in [-0.39, 0.29) is 26.1 Å². The molecule has 2 aliphatic rings. The zero-order valence-corrected chi connectivity index (χ0v) is 35.3. The number of ether oxygens (including phenoxy) is 6. The van der Waals surface area contributed by atoms with Crippen LogP contribution < -0.4 is 0 Å². The highest BCUT2D eigenvalue weighted by molar-refractivity contribution is 5.70. The molecule has 0 bridgehead atoms. The first-order valence-corrected chi connectivity index (χ1v) is 22.3. The van der Waals surface area contributed by atoms with E-state index in [0.717, 1.165) is 57.8 Å². The third-order valence-corrected chi connectivity index (χ3v) is 10.7. The van der Waals surface area contributed by atoms with Crippen LogP contribution in [-0.4, -0.2) is 142 Å². The number of rotatable bonds is 33. The lowest BCUT2D eigenvalue weighted by molar-refractivity contribution is -0.332. The monoisotopic (exact) mass is 835 g/mol. The van der Waals surface area contributed by atoms with E-state index < -0.39 is 92.7 Å². The zero-order chi connectivity index (χ0) is 42.5. The van der Waals surface area contributed by atoms with Crippen LogP contribution in [0.5, 0.6) is 0 Å². The molecule has 15 heteroatoms. The molecular formula is C43H78O15. The van der Waals surface area contributed by atoms with Gasteiger partial charge in [0.25, 0.3) is 0 Å². The summed E-state index contributed by atoms with van der Waals surface area (Å²) in [5, 5.41) is 71.7. The van der Waals surface area contributed by atoms with Crippen molar-refractivity contribution in [3.63, 3.8) is 0 Å². The van der Waals surface area contributed by atoms with Crippen molar-refractivity contribution >= 4 is 11.9 Å². The molecule has 2 fully saturated rings. The summed E-state index contributed by atoms with van der Waals surface area (Å²) in [7, 11) is 0. The van der Waals surface area contributed by atoms with Crippen LogP contribution in [0.3, 0.4) is 0 Å². The standard InChI is InChI=1S/C43H78O15/c1-3-5-7-9-11-13-14-15-16-18-20-22-24-26-35(46)56-31(28-53-34(45)25-23-21-19-17-12-10-8-6-4-2)29-54-42-41(52)39(50)37(48)33(58-42)30-55-43-40(51)38(49)36(47)32(27-44)57-43/h13-14,31-33,36-44,47-52H,3-12,15-30H2,1-2H3/b14-13+/t31-,32-,33-,36+,37+,38?,39?,40?,41?,42-,43-/m1/s1. The first kappa shape index (κ1) is 52.4. The predicted molar refractivity (Wildman–Crippen MR) is 215 cm³/mol. The van der Waals surface area contributed by atoms with Crippen LogP contribution in [-0.2, 0) is 38.0 Å². The van der Waals surface area contributed by atoms with E-state index in [2.05, 4.69) is 26.0 Å². The Morgan fingerprint density at radius 2 is 0.983 bits per heavy atom.